The Kier molecular flexibility index (Phi) is 4.95. The Morgan fingerprint density at radius 2 is 1.76 bits per heavy atom. The molecule has 1 aliphatic rings. The Bertz CT molecular complexity index is 1010. The number of benzene rings is 1. The highest BCUT2D eigenvalue weighted by Crippen LogP contribution is 2.42. The van der Waals surface area contributed by atoms with Crippen LogP contribution >= 0.6 is 12.2 Å². The summed E-state index contributed by atoms with van der Waals surface area (Å²) in [6, 6.07) is 14.9. The van der Waals surface area contributed by atoms with Crippen LogP contribution in [-0.4, -0.2) is 14.7 Å². The molecule has 1 aliphatic heterocycles. The second-order valence-electron chi connectivity index (χ2n) is 8.87. The lowest BCUT2D eigenvalue weighted by atomic mass is 9.98. The van der Waals surface area contributed by atoms with Gasteiger partial charge in [0.15, 0.2) is 5.11 Å². The standard InChI is InChI=1S/C24H28N4S/c1-16-12-17(2)14-19(13-16)28-22(18-9-11-27(15-18)24(3,4)5)21(26-23(28)29)20-8-6-7-10-25-20/h6-15,21-22H,1-5H3,(H,26,29)/t21-,22+/m0/s1. The second kappa shape index (κ2) is 7.30. The fourth-order valence-electron chi connectivity index (χ4n) is 4.07. The molecule has 1 N–H and O–H groups in total. The van der Waals surface area contributed by atoms with Gasteiger partial charge in [-0.3, -0.25) is 4.98 Å². The summed E-state index contributed by atoms with van der Waals surface area (Å²) in [5.41, 5.74) is 5.82. The normalized spacial score (nSPS) is 19.5. The van der Waals surface area contributed by atoms with Crippen LogP contribution in [0.3, 0.4) is 0 Å². The zero-order valence-electron chi connectivity index (χ0n) is 17.7. The van der Waals surface area contributed by atoms with Crippen LogP contribution in [0.1, 0.15) is 55.2 Å². The molecule has 5 heteroatoms. The highest BCUT2D eigenvalue weighted by molar-refractivity contribution is 7.80. The molecule has 2 atom stereocenters. The van der Waals surface area contributed by atoms with Crippen molar-refractivity contribution in [1.29, 1.82) is 0 Å². The number of thiocarbonyl (C=S) groups is 1. The molecule has 2 aromatic heterocycles. The van der Waals surface area contributed by atoms with E-state index in [1.54, 1.807) is 0 Å². The van der Waals surface area contributed by atoms with Crippen LogP contribution in [-0.2, 0) is 5.54 Å². The van der Waals surface area contributed by atoms with Crippen LogP contribution in [0.15, 0.2) is 61.1 Å². The predicted octanol–water partition coefficient (Wildman–Crippen LogP) is 5.43. The smallest absolute Gasteiger partial charge is 0.174 e. The average molecular weight is 405 g/mol. The lowest BCUT2D eigenvalue weighted by Gasteiger charge is -2.28. The molecule has 4 rings (SSSR count). The minimum atomic E-state index is -0.0136. The number of anilines is 1. The largest absolute Gasteiger partial charge is 0.351 e. The van der Waals surface area contributed by atoms with Crippen molar-refractivity contribution < 1.29 is 0 Å². The third kappa shape index (κ3) is 3.79. The van der Waals surface area contributed by atoms with Crippen molar-refractivity contribution in [3.8, 4) is 0 Å². The Morgan fingerprint density at radius 3 is 2.34 bits per heavy atom. The van der Waals surface area contributed by atoms with Gasteiger partial charge in [-0.05, 0) is 93.9 Å². The molecule has 0 bridgehead atoms. The average Bonchev–Trinajstić information content (AvgIpc) is 3.26. The van der Waals surface area contributed by atoms with Crippen LogP contribution in [0, 0.1) is 13.8 Å². The lowest BCUT2D eigenvalue weighted by Crippen LogP contribution is -2.29. The summed E-state index contributed by atoms with van der Waals surface area (Å²) in [5, 5.41) is 4.28. The van der Waals surface area contributed by atoms with Crippen LogP contribution in [0.2, 0.25) is 0 Å². The second-order valence-corrected chi connectivity index (χ2v) is 9.25. The maximum atomic E-state index is 5.82. The third-order valence-corrected chi connectivity index (χ3v) is 5.73. The van der Waals surface area contributed by atoms with E-state index in [0.29, 0.717) is 0 Å². The fourth-order valence-corrected chi connectivity index (χ4v) is 4.41. The Labute approximate surface area is 178 Å². The van der Waals surface area contributed by atoms with Crippen molar-refractivity contribution in [3.63, 3.8) is 0 Å². The topological polar surface area (TPSA) is 33.1 Å². The van der Waals surface area contributed by atoms with E-state index >= 15 is 0 Å². The van der Waals surface area contributed by atoms with Crippen LogP contribution in [0.4, 0.5) is 5.69 Å². The molecule has 1 aromatic carbocycles. The number of nitrogens with zero attached hydrogens (tertiary/aromatic N) is 3. The van der Waals surface area contributed by atoms with E-state index in [1.165, 1.54) is 16.7 Å². The highest BCUT2D eigenvalue weighted by atomic mass is 32.1. The first-order valence-electron chi connectivity index (χ1n) is 10.0. The minimum Gasteiger partial charge on any atom is -0.351 e. The number of aryl methyl sites for hydroxylation is 2. The van der Waals surface area contributed by atoms with Crippen LogP contribution in [0.25, 0.3) is 0 Å². The third-order valence-electron chi connectivity index (χ3n) is 5.41. The summed E-state index contributed by atoms with van der Waals surface area (Å²) in [5.74, 6) is 0. The summed E-state index contributed by atoms with van der Waals surface area (Å²) < 4.78 is 2.26. The fraction of sp³-hybridized carbons (Fsp3) is 0.333. The van der Waals surface area contributed by atoms with Crippen molar-refractivity contribution in [1.82, 2.24) is 14.9 Å². The van der Waals surface area contributed by atoms with Crippen molar-refractivity contribution in [2.45, 2.75) is 52.2 Å². The molecule has 0 unspecified atom stereocenters. The van der Waals surface area contributed by atoms with Gasteiger partial charge in [-0.1, -0.05) is 12.1 Å². The van der Waals surface area contributed by atoms with E-state index in [-0.39, 0.29) is 17.6 Å². The molecule has 1 fully saturated rings. The van der Waals surface area contributed by atoms with Crippen molar-refractivity contribution in [2.24, 2.45) is 0 Å². The Morgan fingerprint density at radius 1 is 1.03 bits per heavy atom. The van der Waals surface area contributed by atoms with E-state index in [9.17, 15) is 0 Å². The Balaban J connectivity index is 1.85. The van der Waals surface area contributed by atoms with Crippen molar-refractivity contribution in [3.05, 3.63) is 83.4 Å². The first-order chi connectivity index (χ1) is 13.7. The molecule has 1 saturated heterocycles. The summed E-state index contributed by atoms with van der Waals surface area (Å²) >= 11 is 5.82. The van der Waals surface area contributed by atoms with Gasteiger partial charge in [-0.25, -0.2) is 0 Å². The van der Waals surface area contributed by atoms with Crippen LogP contribution in [0.5, 0.6) is 0 Å². The van der Waals surface area contributed by atoms with Gasteiger partial charge in [0.1, 0.15) is 0 Å². The van der Waals surface area contributed by atoms with Gasteiger partial charge in [0, 0.05) is 29.8 Å². The van der Waals surface area contributed by atoms with Crippen molar-refractivity contribution in [2.75, 3.05) is 4.90 Å². The first kappa shape index (κ1) is 19.6. The quantitative estimate of drug-likeness (QED) is 0.590. The molecule has 0 saturated carbocycles. The zero-order valence-corrected chi connectivity index (χ0v) is 18.5. The van der Waals surface area contributed by atoms with Crippen molar-refractivity contribution >= 4 is 23.0 Å². The van der Waals surface area contributed by atoms with Gasteiger partial charge in [-0.2, -0.15) is 0 Å². The van der Waals surface area contributed by atoms with Gasteiger partial charge >= 0.3 is 0 Å². The number of rotatable bonds is 3. The number of hydrogen-bond donors (Lipinski definition) is 1. The summed E-state index contributed by atoms with van der Waals surface area (Å²) in [6.07, 6.45) is 6.24. The molecule has 0 aliphatic carbocycles. The number of nitrogens with one attached hydrogen (secondary N) is 1. The van der Waals surface area contributed by atoms with E-state index in [2.05, 4.69) is 97.1 Å². The zero-order chi connectivity index (χ0) is 20.8. The SMILES string of the molecule is Cc1cc(C)cc(N2C(=S)N[C@@H](c3ccccn3)[C@H]2c2ccn(C(C)(C)C)c2)c1. The highest BCUT2D eigenvalue weighted by Gasteiger charge is 2.41. The molecule has 0 spiro atoms. The first-order valence-corrected chi connectivity index (χ1v) is 10.4. The predicted molar refractivity (Wildman–Crippen MR) is 123 cm³/mol. The maximum Gasteiger partial charge on any atom is 0.174 e. The molecule has 0 amide bonds. The van der Waals surface area contributed by atoms with E-state index in [0.717, 1.165) is 16.5 Å². The van der Waals surface area contributed by atoms with Gasteiger partial charge in [0.25, 0.3) is 0 Å². The summed E-state index contributed by atoms with van der Waals surface area (Å²) in [4.78, 5) is 6.88. The molecule has 150 valence electrons. The molecule has 3 aromatic rings. The van der Waals surface area contributed by atoms with E-state index < -0.39 is 0 Å². The molecule has 4 nitrogen and oxygen atoms in total. The summed E-state index contributed by atoms with van der Waals surface area (Å²) in [6.45, 7) is 10.9. The molecule has 29 heavy (non-hydrogen) atoms. The van der Waals surface area contributed by atoms with Gasteiger partial charge in [0.2, 0.25) is 0 Å². The van der Waals surface area contributed by atoms with Gasteiger partial charge < -0.3 is 14.8 Å². The monoisotopic (exact) mass is 404 g/mol. The van der Waals surface area contributed by atoms with E-state index in [1.807, 2.05) is 18.3 Å². The minimum absolute atomic E-state index is 0.0136. The summed E-state index contributed by atoms with van der Waals surface area (Å²) in [7, 11) is 0. The molecule has 3 heterocycles. The number of pyridine rings is 1. The van der Waals surface area contributed by atoms with Gasteiger partial charge in [0.05, 0.1) is 17.8 Å². The van der Waals surface area contributed by atoms with Gasteiger partial charge in [-0.15, -0.1) is 0 Å². The number of hydrogen-bond acceptors (Lipinski definition) is 2. The lowest BCUT2D eigenvalue weighted by molar-refractivity contribution is 0.397. The maximum absolute atomic E-state index is 5.82. The molecule has 0 radical (unpaired) electrons. The van der Waals surface area contributed by atoms with E-state index in [4.69, 9.17) is 12.2 Å². The Hall–Kier alpha value is -2.66. The molecular formula is C24H28N4S. The molecular weight excluding hydrogens is 376 g/mol. The number of aromatic nitrogens is 2. The van der Waals surface area contributed by atoms with Crippen LogP contribution < -0.4 is 10.2 Å².